The van der Waals surface area contributed by atoms with E-state index in [2.05, 4.69) is 10.6 Å². The van der Waals surface area contributed by atoms with Crippen molar-refractivity contribution >= 4 is 34.8 Å². The van der Waals surface area contributed by atoms with Crippen molar-refractivity contribution in [1.29, 1.82) is 0 Å². The maximum Gasteiger partial charge on any atom is 0.265 e. The largest absolute Gasteiger partial charge is 0.372 e. The number of halogens is 1. The summed E-state index contributed by atoms with van der Waals surface area (Å²) in [4.78, 5) is 26.5. The molecule has 0 aromatic heterocycles. The minimum atomic E-state index is -2.26. The molecule has 0 bridgehead atoms. The van der Waals surface area contributed by atoms with Gasteiger partial charge in [0.25, 0.3) is 11.8 Å². The lowest BCUT2D eigenvalue weighted by atomic mass is 9.74. The molecule has 7 heteroatoms. The maximum atomic E-state index is 13.4. The van der Waals surface area contributed by atoms with Crippen LogP contribution < -0.4 is 10.6 Å². The van der Waals surface area contributed by atoms with Crippen molar-refractivity contribution in [2.24, 2.45) is 0 Å². The van der Waals surface area contributed by atoms with Crippen molar-refractivity contribution in [3.8, 4) is 0 Å². The molecule has 0 saturated heterocycles. The van der Waals surface area contributed by atoms with Gasteiger partial charge in [0.05, 0.1) is 6.61 Å². The van der Waals surface area contributed by atoms with E-state index in [-0.39, 0.29) is 12.2 Å². The van der Waals surface area contributed by atoms with Crippen molar-refractivity contribution in [2.45, 2.75) is 17.8 Å². The lowest BCUT2D eigenvalue weighted by Gasteiger charge is -2.39. The molecule has 30 heavy (non-hydrogen) atoms. The third-order valence-corrected chi connectivity index (χ3v) is 5.90. The second-order valence-electron chi connectivity index (χ2n) is 7.31. The van der Waals surface area contributed by atoms with E-state index in [9.17, 15) is 14.7 Å². The van der Waals surface area contributed by atoms with Crippen LogP contribution in [0.1, 0.15) is 16.7 Å². The van der Waals surface area contributed by atoms with Crippen LogP contribution in [0.15, 0.2) is 72.8 Å². The van der Waals surface area contributed by atoms with E-state index in [0.29, 0.717) is 22.0 Å². The van der Waals surface area contributed by atoms with Crippen molar-refractivity contribution in [3.05, 3.63) is 94.5 Å². The Labute approximate surface area is 177 Å². The van der Waals surface area contributed by atoms with Crippen molar-refractivity contribution < 1.29 is 19.4 Å². The number of amides is 2. The van der Waals surface area contributed by atoms with Crippen LogP contribution in [0, 0.1) is 0 Å². The molecule has 2 heterocycles. The number of aliphatic hydroxyl groups is 1. The van der Waals surface area contributed by atoms with Gasteiger partial charge in [-0.15, -0.1) is 0 Å². The monoisotopic (exact) mass is 420 g/mol. The third kappa shape index (κ3) is 2.45. The summed E-state index contributed by atoms with van der Waals surface area (Å²) in [6, 6.07) is 20.6. The second kappa shape index (κ2) is 6.67. The first kappa shape index (κ1) is 18.8. The number of benzene rings is 3. The number of fused-ring (bicyclic) bond motifs is 2. The Balaban J connectivity index is 1.69. The highest BCUT2D eigenvalue weighted by atomic mass is 35.5. The van der Waals surface area contributed by atoms with Crippen LogP contribution in [0.4, 0.5) is 11.4 Å². The van der Waals surface area contributed by atoms with E-state index < -0.39 is 23.0 Å². The Morgan fingerprint density at radius 2 is 1.37 bits per heavy atom. The van der Waals surface area contributed by atoms with Crippen LogP contribution in [-0.2, 0) is 32.1 Å². The number of hydrogen-bond acceptors (Lipinski definition) is 4. The molecule has 0 aliphatic carbocycles. The number of anilines is 2. The molecule has 0 fully saturated rings. The molecule has 0 radical (unpaired) electrons. The van der Waals surface area contributed by atoms with Crippen LogP contribution in [-0.4, -0.2) is 16.9 Å². The minimum Gasteiger partial charge on any atom is -0.372 e. The summed E-state index contributed by atoms with van der Waals surface area (Å²) in [5.41, 5.74) is -1.87. The van der Waals surface area contributed by atoms with Gasteiger partial charge in [0, 0.05) is 27.5 Å². The van der Waals surface area contributed by atoms with Gasteiger partial charge in [0.15, 0.2) is 0 Å². The van der Waals surface area contributed by atoms with Gasteiger partial charge in [-0.25, -0.2) is 0 Å². The Kier molecular flexibility index (Phi) is 4.18. The van der Waals surface area contributed by atoms with Crippen LogP contribution in [0.2, 0.25) is 5.02 Å². The SMILES string of the molecule is O=C1Nc2ccccc2[C@@]1(O)[C@@]1(OCc2ccc(Cl)cc2)C(=O)Nc2ccccc21. The fraction of sp³-hybridized carbons (Fsp3) is 0.130. The smallest absolute Gasteiger partial charge is 0.265 e. The first-order chi connectivity index (χ1) is 14.5. The van der Waals surface area contributed by atoms with Crippen LogP contribution in [0.5, 0.6) is 0 Å². The Morgan fingerprint density at radius 3 is 2.07 bits per heavy atom. The van der Waals surface area contributed by atoms with E-state index >= 15 is 0 Å². The highest BCUT2D eigenvalue weighted by Crippen LogP contribution is 2.54. The van der Waals surface area contributed by atoms with Gasteiger partial charge in [-0.2, -0.15) is 0 Å². The van der Waals surface area contributed by atoms with E-state index in [4.69, 9.17) is 16.3 Å². The number of ether oxygens (including phenoxy) is 1. The Hall–Kier alpha value is -3.19. The van der Waals surface area contributed by atoms with Gasteiger partial charge in [0.1, 0.15) is 0 Å². The zero-order chi connectivity index (χ0) is 20.9. The van der Waals surface area contributed by atoms with E-state index in [1.165, 1.54) is 0 Å². The lowest BCUT2D eigenvalue weighted by Crippen LogP contribution is -2.58. The predicted octanol–water partition coefficient (Wildman–Crippen LogP) is 3.54. The molecule has 2 amide bonds. The van der Waals surface area contributed by atoms with Crippen molar-refractivity contribution in [3.63, 3.8) is 0 Å². The van der Waals surface area contributed by atoms with Crippen molar-refractivity contribution in [2.75, 3.05) is 10.6 Å². The standard InChI is InChI=1S/C23H17ClN2O4/c24-15-11-9-14(10-12-15)13-30-23(17-6-2-4-8-19(17)26-21(23)28)22(29)16-5-1-3-7-18(16)25-20(22)27/h1-12,29H,13H2,(H,25,27)(H,26,28)/t22-,23-/m0/s1. The number of para-hydroxylation sites is 2. The van der Waals surface area contributed by atoms with Gasteiger partial charge in [-0.3, -0.25) is 9.59 Å². The van der Waals surface area contributed by atoms with E-state index in [0.717, 1.165) is 5.56 Å². The molecule has 0 saturated carbocycles. The fourth-order valence-electron chi connectivity index (χ4n) is 4.20. The normalized spacial score (nSPS) is 24.2. The zero-order valence-corrected chi connectivity index (χ0v) is 16.4. The molecule has 2 aliphatic heterocycles. The van der Waals surface area contributed by atoms with E-state index in [1.807, 2.05) is 0 Å². The fourth-order valence-corrected chi connectivity index (χ4v) is 4.33. The molecule has 0 unspecified atom stereocenters. The number of hydrogen-bond donors (Lipinski definition) is 3. The molecule has 0 spiro atoms. The van der Waals surface area contributed by atoms with E-state index in [1.54, 1.807) is 72.8 Å². The summed E-state index contributed by atoms with van der Waals surface area (Å²) < 4.78 is 6.20. The summed E-state index contributed by atoms with van der Waals surface area (Å²) in [5.74, 6) is -1.32. The van der Waals surface area contributed by atoms with Gasteiger partial charge in [-0.1, -0.05) is 60.1 Å². The number of carbonyl (C=O) groups excluding carboxylic acids is 2. The average molecular weight is 421 g/mol. The Morgan fingerprint density at radius 1 is 0.800 bits per heavy atom. The summed E-state index contributed by atoms with van der Waals surface area (Å²) in [6.45, 7) is -0.0172. The highest BCUT2D eigenvalue weighted by Gasteiger charge is 2.69. The molecule has 3 aromatic rings. The summed E-state index contributed by atoms with van der Waals surface area (Å²) in [6.07, 6.45) is 0. The van der Waals surface area contributed by atoms with Gasteiger partial charge in [0.2, 0.25) is 11.2 Å². The highest BCUT2D eigenvalue weighted by molar-refractivity contribution is 6.30. The molecular formula is C23H17ClN2O4. The summed E-state index contributed by atoms with van der Waals surface area (Å²) >= 11 is 5.96. The predicted molar refractivity (Wildman–Crippen MR) is 112 cm³/mol. The Bertz CT molecular complexity index is 1180. The number of carbonyl (C=O) groups is 2. The molecule has 5 rings (SSSR count). The van der Waals surface area contributed by atoms with Crippen molar-refractivity contribution in [1.82, 2.24) is 0 Å². The van der Waals surface area contributed by atoms with Crippen LogP contribution in [0.25, 0.3) is 0 Å². The molecule has 3 aromatic carbocycles. The van der Waals surface area contributed by atoms with Gasteiger partial charge in [-0.05, 0) is 29.8 Å². The quantitative estimate of drug-likeness (QED) is 0.602. The molecular weight excluding hydrogens is 404 g/mol. The maximum absolute atomic E-state index is 13.4. The second-order valence-corrected chi connectivity index (χ2v) is 7.74. The van der Waals surface area contributed by atoms with Gasteiger partial charge >= 0.3 is 0 Å². The summed E-state index contributed by atoms with van der Waals surface area (Å²) in [5, 5.41) is 17.9. The minimum absolute atomic E-state index is 0.0172. The van der Waals surface area contributed by atoms with Crippen LogP contribution >= 0.6 is 11.6 Å². The number of rotatable bonds is 4. The molecule has 2 aliphatic rings. The number of nitrogens with one attached hydrogen (secondary N) is 2. The van der Waals surface area contributed by atoms with Gasteiger partial charge < -0.3 is 20.5 Å². The third-order valence-electron chi connectivity index (χ3n) is 5.65. The first-order valence-corrected chi connectivity index (χ1v) is 9.77. The lowest BCUT2D eigenvalue weighted by molar-refractivity contribution is -0.199. The topological polar surface area (TPSA) is 87.7 Å². The van der Waals surface area contributed by atoms with Crippen LogP contribution in [0.3, 0.4) is 0 Å². The molecule has 3 N–H and O–H groups in total. The summed E-state index contributed by atoms with van der Waals surface area (Å²) in [7, 11) is 0. The molecule has 150 valence electrons. The first-order valence-electron chi connectivity index (χ1n) is 9.39. The molecule has 6 nitrogen and oxygen atoms in total. The molecule has 2 atom stereocenters. The average Bonchev–Trinajstić information content (AvgIpc) is 3.19. The zero-order valence-electron chi connectivity index (χ0n) is 15.7.